The molecule has 21 heavy (non-hydrogen) atoms. The Morgan fingerprint density at radius 2 is 2.00 bits per heavy atom. The first-order valence-electron chi connectivity index (χ1n) is 6.34. The van der Waals surface area contributed by atoms with Crippen molar-refractivity contribution >= 4 is 45.3 Å². The van der Waals surface area contributed by atoms with Gasteiger partial charge in [0.15, 0.2) is 0 Å². The zero-order valence-corrected chi connectivity index (χ0v) is 14.6. The Hall–Kier alpha value is -0.970. The average molecular weight is 386 g/mol. The molecule has 0 N–H and O–H groups in total. The summed E-state index contributed by atoms with van der Waals surface area (Å²) in [4.78, 5) is 12.0. The molecule has 0 aromatic heterocycles. The zero-order valence-electron chi connectivity index (χ0n) is 11.4. The van der Waals surface area contributed by atoms with Crippen molar-refractivity contribution in [2.24, 2.45) is 0 Å². The van der Waals surface area contributed by atoms with Gasteiger partial charge in [-0.3, -0.25) is 4.79 Å². The number of benzene rings is 2. The zero-order chi connectivity index (χ0) is 15.2. The molecule has 0 heterocycles. The molecule has 0 atom stereocenters. The first kappa shape index (κ1) is 16.4. The molecular weight excluding hydrogens is 372 g/mol. The topological polar surface area (TPSA) is 26.3 Å². The molecule has 0 fully saturated rings. The van der Waals surface area contributed by atoms with Crippen LogP contribution >= 0.6 is 39.3 Å². The van der Waals surface area contributed by atoms with Crippen molar-refractivity contribution in [3.63, 3.8) is 0 Å². The van der Waals surface area contributed by atoms with Crippen LogP contribution in [0.25, 0.3) is 0 Å². The molecular formula is C16H14BrClO2S. The van der Waals surface area contributed by atoms with Crippen LogP contribution in [0.4, 0.5) is 0 Å². The lowest BCUT2D eigenvalue weighted by Crippen LogP contribution is -2.00. The third kappa shape index (κ3) is 5.06. The van der Waals surface area contributed by atoms with Gasteiger partial charge in [0.1, 0.15) is 6.61 Å². The van der Waals surface area contributed by atoms with Crippen LogP contribution in [0.3, 0.4) is 0 Å². The summed E-state index contributed by atoms with van der Waals surface area (Å²) in [6.45, 7) is 1.61. The van der Waals surface area contributed by atoms with Gasteiger partial charge in [-0.15, -0.1) is 11.8 Å². The smallest absolute Gasteiger partial charge is 0.302 e. The Bertz CT molecular complexity index is 632. The number of hydrogen-bond acceptors (Lipinski definition) is 3. The summed E-state index contributed by atoms with van der Waals surface area (Å²) in [6.07, 6.45) is 0. The molecule has 0 saturated carbocycles. The average Bonchev–Trinajstić information content (AvgIpc) is 2.47. The van der Waals surface area contributed by atoms with Gasteiger partial charge >= 0.3 is 5.97 Å². The summed E-state index contributed by atoms with van der Waals surface area (Å²) in [5, 5.41) is 0.635. The minimum Gasteiger partial charge on any atom is -0.461 e. The van der Waals surface area contributed by atoms with Crippen LogP contribution in [-0.4, -0.2) is 5.97 Å². The van der Waals surface area contributed by atoms with E-state index in [9.17, 15) is 4.79 Å². The van der Waals surface area contributed by atoms with E-state index in [0.717, 1.165) is 20.7 Å². The van der Waals surface area contributed by atoms with Crippen molar-refractivity contribution in [3.8, 4) is 0 Å². The summed E-state index contributed by atoms with van der Waals surface area (Å²) >= 11 is 11.4. The quantitative estimate of drug-likeness (QED) is 0.505. The molecule has 0 aliphatic carbocycles. The third-order valence-corrected chi connectivity index (χ3v) is 5.28. The van der Waals surface area contributed by atoms with Gasteiger partial charge in [0.2, 0.25) is 0 Å². The van der Waals surface area contributed by atoms with E-state index in [4.69, 9.17) is 16.3 Å². The molecule has 0 aliphatic rings. The number of halogens is 2. The summed E-state index contributed by atoms with van der Waals surface area (Å²) in [7, 11) is 0. The van der Waals surface area contributed by atoms with E-state index in [1.165, 1.54) is 12.5 Å². The van der Waals surface area contributed by atoms with E-state index in [-0.39, 0.29) is 12.6 Å². The first-order chi connectivity index (χ1) is 10.1. The molecule has 0 saturated heterocycles. The van der Waals surface area contributed by atoms with Gasteiger partial charge in [-0.05, 0) is 33.6 Å². The minimum absolute atomic E-state index is 0.218. The predicted molar refractivity (Wildman–Crippen MR) is 90.6 cm³/mol. The summed E-state index contributed by atoms with van der Waals surface area (Å²) < 4.78 is 5.97. The monoisotopic (exact) mass is 384 g/mol. The highest BCUT2D eigenvalue weighted by molar-refractivity contribution is 9.10. The maximum absolute atomic E-state index is 10.9. The molecule has 0 bridgehead atoms. The van der Waals surface area contributed by atoms with Gasteiger partial charge in [0, 0.05) is 32.6 Å². The predicted octanol–water partition coefficient (Wildman–Crippen LogP) is 5.46. The van der Waals surface area contributed by atoms with E-state index in [1.54, 1.807) is 17.8 Å². The Morgan fingerprint density at radius 3 is 2.67 bits per heavy atom. The molecule has 5 heteroatoms. The van der Waals surface area contributed by atoms with E-state index < -0.39 is 0 Å². The van der Waals surface area contributed by atoms with Crippen molar-refractivity contribution in [2.45, 2.75) is 24.2 Å². The van der Waals surface area contributed by atoms with E-state index in [0.29, 0.717) is 5.02 Å². The Kier molecular flexibility index (Phi) is 6.15. The molecule has 2 aromatic rings. The fraction of sp³-hybridized carbons (Fsp3) is 0.188. The normalized spacial score (nSPS) is 10.4. The second kappa shape index (κ2) is 7.87. The highest BCUT2D eigenvalue weighted by Gasteiger charge is 2.10. The maximum Gasteiger partial charge on any atom is 0.302 e. The summed E-state index contributed by atoms with van der Waals surface area (Å²) in [5.41, 5.74) is 2.11. The minimum atomic E-state index is -0.305. The second-order valence-corrected chi connectivity index (χ2v) is 6.68. The van der Waals surface area contributed by atoms with Gasteiger partial charge in [-0.25, -0.2) is 0 Å². The maximum atomic E-state index is 10.9. The van der Waals surface area contributed by atoms with Crippen LogP contribution in [0.5, 0.6) is 0 Å². The van der Waals surface area contributed by atoms with Crippen molar-refractivity contribution in [3.05, 3.63) is 63.1 Å². The molecule has 0 unspecified atom stereocenters. The first-order valence-corrected chi connectivity index (χ1v) is 8.50. The number of rotatable bonds is 5. The standard InChI is InChI=1S/C16H14BrClO2S/c1-11(19)20-9-13-7-14(18)8-15(16(13)17)21-10-12-5-3-2-4-6-12/h2-8H,9-10H2,1H3. The van der Waals surface area contributed by atoms with E-state index in [2.05, 4.69) is 28.1 Å². The summed E-state index contributed by atoms with van der Waals surface area (Å²) in [6, 6.07) is 13.9. The number of esters is 1. The fourth-order valence-electron chi connectivity index (χ4n) is 1.74. The number of thioether (sulfide) groups is 1. The molecule has 2 rings (SSSR count). The molecule has 0 aliphatic heterocycles. The largest absolute Gasteiger partial charge is 0.461 e. The lowest BCUT2D eigenvalue weighted by molar-refractivity contribution is -0.142. The fourth-order valence-corrected chi connectivity index (χ4v) is 3.72. The SMILES string of the molecule is CC(=O)OCc1cc(Cl)cc(SCc2ccccc2)c1Br. The summed E-state index contributed by atoms with van der Waals surface area (Å²) in [5.74, 6) is 0.549. The molecule has 0 radical (unpaired) electrons. The number of carbonyl (C=O) groups is 1. The van der Waals surface area contributed by atoms with Crippen LogP contribution in [0.15, 0.2) is 51.8 Å². The van der Waals surface area contributed by atoms with Gasteiger partial charge in [0.25, 0.3) is 0 Å². The number of ether oxygens (including phenoxy) is 1. The number of carbonyl (C=O) groups excluding carboxylic acids is 1. The lowest BCUT2D eigenvalue weighted by Gasteiger charge is -2.11. The molecule has 2 nitrogen and oxygen atoms in total. The Balaban J connectivity index is 2.13. The van der Waals surface area contributed by atoms with Crippen LogP contribution in [0.1, 0.15) is 18.1 Å². The van der Waals surface area contributed by atoms with E-state index >= 15 is 0 Å². The van der Waals surface area contributed by atoms with Crippen molar-refractivity contribution < 1.29 is 9.53 Å². The van der Waals surface area contributed by atoms with Crippen molar-refractivity contribution in [1.29, 1.82) is 0 Å². The lowest BCUT2D eigenvalue weighted by atomic mass is 10.2. The van der Waals surface area contributed by atoms with Crippen LogP contribution in [-0.2, 0) is 21.9 Å². The molecule has 0 amide bonds. The van der Waals surface area contributed by atoms with Crippen molar-refractivity contribution in [2.75, 3.05) is 0 Å². The molecule has 2 aromatic carbocycles. The Morgan fingerprint density at radius 1 is 1.29 bits per heavy atom. The van der Waals surface area contributed by atoms with Crippen molar-refractivity contribution in [1.82, 2.24) is 0 Å². The number of hydrogen-bond donors (Lipinski definition) is 0. The second-order valence-electron chi connectivity index (χ2n) is 4.43. The van der Waals surface area contributed by atoms with Crippen LogP contribution in [0.2, 0.25) is 5.02 Å². The van der Waals surface area contributed by atoms with Gasteiger partial charge < -0.3 is 4.74 Å². The highest BCUT2D eigenvalue weighted by Crippen LogP contribution is 2.35. The van der Waals surface area contributed by atoms with Gasteiger partial charge in [0.05, 0.1) is 0 Å². The molecule has 0 spiro atoms. The third-order valence-electron chi connectivity index (χ3n) is 2.75. The van der Waals surface area contributed by atoms with E-state index in [1.807, 2.05) is 24.3 Å². The van der Waals surface area contributed by atoms with Crippen LogP contribution in [0, 0.1) is 0 Å². The highest BCUT2D eigenvalue weighted by atomic mass is 79.9. The van der Waals surface area contributed by atoms with Gasteiger partial charge in [-0.2, -0.15) is 0 Å². The van der Waals surface area contributed by atoms with Crippen LogP contribution < -0.4 is 0 Å². The van der Waals surface area contributed by atoms with Gasteiger partial charge in [-0.1, -0.05) is 41.9 Å². The Labute approximate surface area is 142 Å². The molecule has 110 valence electrons.